The molecule has 0 amide bonds. The van der Waals surface area contributed by atoms with Crippen molar-refractivity contribution in [3.63, 3.8) is 0 Å². The zero-order valence-electron chi connectivity index (χ0n) is 10.8. The zero-order valence-corrected chi connectivity index (χ0v) is 10.8. The first-order valence-corrected chi connectivity index (χ1v) is 6.31. The first kappa shape index (κ1) is 11.3. The number of hydrogen-bond donors (Lipinski definition) is 2. The Morgan fingerprint density at radius 2 is 2.22 bits per heavy atom. The fraction of sp³-hybridized carbons (Fsp3) is 0.357. The largest absolute Gasteiger partial charge is 0.363 e. The fourth-order valence-corrected chi connectivity index (χ4v) is 2.33. The molecular weight excluding hydrogens is 224 g/mol. The molecule has 0 fully saturated rings. The minimum atomic E-state index is 0.275. The lowest BCUT2D eigenvalue weighted by atomic mass is 10.1. The van der Waals surface area contributed by atoms with Gasteiger partial charge in [-0.1, -0.05) is 12.2 Å². The Balaban J connectivity index is 2.08. The molecule has 3 heterocycles. The topological polar surface area (TPSA) is 44.0 Å². The van der Waals surface area contributed by atoms with Crippen LogP contribution in [0.4, 0.5) is 5.82 Å². The summed E-state index contributed by atoms with van der Waals surface area (Å²) < 4.78 is 0. The van der Waals surface area contributed by atoms with E-state index < -0.39 is 0 Å². The van der Waals surface area contributed by atoms with Crippen LogP contribution in [0, 0.1) is 0 Å². The highest BCUT2D eigenvalue weighted by atomic mass is 15.1. The molecule has 2 N–H and O–H groups in total. The Morgan fingerprint density at radius 3 is 2.94 bits per heavy atom. The van der Waals surface area contributed by atoms with E-state index in [2.05, 4.69) is 34.7 Å². The molecule has 0 radical (unpaired) electrons. The lowest BCUT2D eigenvalue weighted by Gasteiger charge is -2.18. The Morgan fingerprint density at radius 1 is 1.33 bits per heavy atom. The maximum absolute atomic E-state index is 4.73. The van der Waals surface area contributed by atoms with Crippen molar-refractivity contribution in [3.05, 3.63) is 36.0 Å². The van der Waals surface area contributed by atoms with E-state index in [1.807, 2.05) is 25.1 Å². The van der Waals surface area contributed by atoms with Gasteiger partial charge in [0.1, 0.15) is 5.82 Å². The number of aromatic amines is 1. The van der Waals surface area contributed by atoms with Crippen molar-refractivity contribution >= 4 is 16.9 Å². The molecule has 2 aromatic rings. The van der Waals surface area contributed by atoms with E-state index in [9.17, 15) is 0 Å². The van der Waals surface area contributed by atoms with Gasteiger partial charge in [0.25, 0.3) is 0 Å². The third kappa shape index (κ3) is 1.88. The standard InChI is InChI=1S/C14H18N4/c1-18(2)13-7-6-12-14(17-13)10(9-16-12)11-5-3-4-8-15-11/h3,5-7,9,11,15-16H,4,8H2,1-2H3. The molecule has 0 aromatic carbocycles. The molecule has 1 unspecified atom stereocenters. The highest BCUT2D eigenvalue weighted by Crippen LogP contribution is 2.26. The van der Waals surface area contributed by atoms with Crippen LogP contribution in [0.5, 0.6) is 0 Å². The molecule has 3 rings (SSSR count). The average Bonchev–Trinajstić information content (AvgIpc) is 2.82. The number of nitrogens with zero attached hydrogens (tertiary/aromatic N) is 2. The number of pyridine rings is 1. The van der Waals surface area contributed by atoms with E-state index in [4.69, 9.17) is 4.98 Å². The second-order valence-corrected chi connectivity index (χ2v) is 4.85. The van der Waals surface area contributed by atoms with Crippen LogP contribution in [0.3, 0.4) is 0 Å². The molecule has 4 heteroatoms. The van der Waals surface area contributed by atoms with Crippen molar-refractivity contribution in [3.8, 4) is 0 Å². The molecule has 0 saturated heterocycles. The lowest BCUT2D eigenvalue weighted by Crippen LogP contribution is -2.23. The van der Waals surface area contributed by atoms with Crippen LogP contribution in [-0.2, 0) is 0 Å². The third-order valence-corrected chi connectivity index (χ3v) is 3.33. The van der Waals surface area contributed by atoms with Gasteiger partial charge in [-0.25, -0.2) is 4.98 Å². The van der Waals surface area contributed by atoms with Gasteiger partial charge in [0.2, 0.25) is 0 Å². The number of rotatable bonds is 2. The van der Waals surface area contributed by atoms with Gasteiger partial charge in [-0.3, -0.25) is 0 Å². The number of hydrogen-bond acceptors (Lipinski definition) is 3. The minimum absolute atomic E-state index is 0.275. The van der Waals surface area contributed by atoms with E-state index in [0.717, 1.165) is 29.8 Å². The molecule has 1 aliphatic rings. The molecule has 4 nitrogen and oxygen atoms in total. The normalized spacial score (nSPS) is 19.3. The van der Waals surface area contributed by atoms with Crippen molar-refractivity contribution < 1.29 is 0 Å². The van der Waals surface area contributed by atoms with Gasteiger partial charge >= 0.3 is 0 Å². The van der Waals surface area contributed by atoms with Crippen molar-refractivity contribution in [2.24, 2.45) is 0 Å². The molecule has 0 saturated carbocycles. The van der Waals surface area contributed by atoms with Crippen LogP contribution >= 0.6 is 0 Å². The molecule has 94 valence electrons. The van der Waals surface area contributed by atoms with Crippen LogP contribution in [0.15, 0.2) is 30.5 Å². The van der Waals surface area contributed by atoms with Gasteiger partial charge in [-0.15, -0.1) is 0 Å². The summed E-state index contributed by atoms with van der Waals surface area (Å²) in [4.78, 5) is 10.1. The predicted octanol–water partition coefficient (Wildman–Crippen LogP) is 2.22. The second-order valence-electron chi connectivity index (χ2n) is 4.85. The third-order valence-electron chi connectivity index (χ3n) is 3.33. The van der Waals surface area contributed by atoms with Gasteiger partial charge in [-0.2, -0.15) is 0 Å². The molecule has 1 atom stereocenters. The Labute approximate surface area is 107 Å². The average molecular weight is 242 g/mol. The summed E-state index contributed by atoms with van der Waals surface area (Å²) in [6.07, 6.45) is 7.62. The zero-order chi connectivity index (χ0) is 12.5. The predicted molar refractivity (Wildman–Crippen MR) is 74.9 cm³/mol. The van der Waals surface area contributed by atoms with Crippen LogP contribution < -0.4 is 10.2 Å². The molecule has 0 aliphatic carbocycles. The number of H-pyrrole nitrogens is 1. The smallest absolute Gasteiger partial charge is 0.128 e. The highest BCUT2D eigenvalue weighted by molar-refractivity contribution is 5.81. The van der Waals surface area contributed by atoms with Crippen LogP contribution in [-0.4, -0.2) is 30.6 Å². The number of nitrogens with one attached hydrogen (secondary N) is 2. The summed E-state index contributed by atoms with van der Waals surface area (Å²) in [5.41, 5.74) is 3.38. The maximum Gasteiger partial charge on any atom is 0.128 e. The SMILES string of the molecule is CN(C)c1ccc2[nH]cc(C3C=CCCN3)c2n1. The molecule has 1 aliphatic heterocycles. The Bertz CT molecular complexity index is 582. The maximum atomic E-state index is 4.73. The number of anilines is 1. The van der Waals surface area contributed by atoms with Gasteiger partial charge in [0, 0.05) is 25.9 Å². The molecule has 18 heavy (non-hydrogen) atoms. The number of fused-ring (bicyclic) bond motifs is 1. The fourth-order valence-electron chi connectivity index (χ4n) is 2.33. The van der Waals surface area contributed by atoms with Gasteiger partial charge in [0.05, 0.1) is 17.1 Å². The van der Waals surface area contributed by atoms with E-state index in [1.165, 1.54) is 5.56 Å². The van der Waals surface area contributed by atoms with Crippen LogP contribution in [0.1, 0.15) is 18.0 Å². The summed E-state index contributed by atoms with van der Waals surface area (Å²) in [7, 11) is 4.03. The summed E-state index contributed by atoms with van der Waals surface area (Å²) in [6, 6.07) is 4.40. The second kappa shape index (κ2) is 4.46. The van der Waals surface area contributed by atoms with Crippen LogP contribution in [0.2, 0.25) is 0 Å². The van der Waals surface area contributed by atoms with Gasteiger partial charge in [0.15, 0.2) is 0 Å². The van der Waals surface area contributed by atoms with E-state index in [-0.39, 0.29) is 6.04 Å². The highest BCUT2D eigenvalue weighted by Gasteiger charge is 2.16. The number of aromatic nitrogens is 2. The monoisotopic (exact) mass is 242 g/mol. The van der Waals surface area contributed by atoms with Crippen LogP contribution in [0.25, 0.3) is 11.0 Å². The first-order chi connectivity index (χ1) is 8.75. The first-order valence-electron chi connectivity index (χ1n) is 6.31. The minimum Gasteiger partial charge on any atom is -0.363 e. The quantitative estimate of drug-likeness (QED) is 0.794. The summed E-state index contributed by atoms with van der Waals surface area (Å²) in [6.45, 7) is 1.03. The molecular formula is C14H18N4. The van der Waals surface area contributed by atoms with Crippen molar-refractivity contribution in [2.45, 2.75) is 12.5 Å². The van der Waals surface area contributed by atoms with E-state index in [1.54, 1.807) is 0 Å². The summed E-state index contributed by atoms with van der Waals surface area (Å²) in [5.74, 6) is 0.989. The Hall–Kier alpha value is -1.81. The van der Waals surface area contributed by atoms with Gasteiger partial charge in [-0.05, 0) is 25.1 Å². The lowest BCUT2D eigenvalue weighted by molar-refractivity contribution is 0.603. The molecule has 0 spiro atoms. The summed E-state index contributed by atoms with van der Waals surface area (Å²) in [5, 5.41) is 3.50. The summed E-state index contributed by atoms with van der Waals surface area (Å²) >= 11 is 0. The van der Waals surface area contributed by atoms with Crippen molar-refractivity contribution in [1.82, 2.24) is 15.3 Å². The van der Waals surface area contributed by atoms with E-state index in [0.29, 0.717) is 0 Å². The van der Waals surface area contributed by atoms with E-state index >= 15 is 0 Å². The molecule has 2 aromatic heterocycles. The van der Waals surface area contributed by atoms with Gasteiger partial charge < -0.3 is 15.2 Å². The Kier molecular flexibility index (Phi) is 2.80. The molecule has 0 bridgehead atoms. The van der Waals surface area contributed by atoms with Crippen molar-refractivity contribution in [1.29, 1.82) is 0 Å². The van der Waals surface area contributed by atoms with Crippen molar-refractivity contribution in [2.75, 3.05) is 25.5 Å².